The number of hydrogen-bond donors (Lipinski definition) is 4. The van der Waals surface area contributed by atoms with Crippen LogP contribution in [-0.4, -0.2) is 52.8 Å². The molecule has 5 aromatic rings. The van der Waals surface area contributed by atoms with E-state index in [1.165, 1.54) is 13.8 Å². The third kappa shape index (κ3) is 21.9. The largest absolute Gasteiger partial charge is 1.00 e. The van der Waals surface area contributed by atoms with Crippen LogP contribution in [-0.2, 0) is 64.5 Å². The Kier molecular flexibility index (Phi) is 25.2. The van der Waals surface area contributed by atoms with E-state index in [1.54, 1.807) is 60.7 Å². The van der Waals surface area contributed by atoms with E-state index in [2.05, 4.69) is 16.0 Å². The smallest absolute Gasteiger partial charge is 0.870 e. The summed E-state index contributed by atoms with van der Waals surface area (Å²) >= 11 is 0. The molecule has 81 heavy (non-hydrogen) atoms. The number of halogens is 18. The molecule has 1 aliphatic heterocycles. The van der Waals surface area contributed by atoms with Gasteiger partial charge in [-0.25, -0.2) is 14.4 Å². The zero-order valence-electron chi connectivity index (χ0n) is 41.8. The van der Waals surface area contributed by atoms with Crippen molar-refractivity contribution in [3.8, 4) is 0 Å². The normalized spacial score (nSPS) is 15.7. The van der Waals surface area contributed by atoms with Crippen molar-refractivity contribution in [3.05, 3.63) is 176 Å². The van der Waals surface area contributed by atoms with Gasteiger partial charge in [-0.2, -0.15) is 79.0 Å². The number of nitrogens with one attached hydrogen (secondary N) is 3. The zero-order chi connectivity index (χ0) is 59.6. The van der Waals surface area contributed by atoms with Gasteiger partial charge in [-0.15, -0.1) is 0 Å². The monoisotopic (exact) mass is 1210 g/mol. The van der Waals surface area contributed by atoms with E-state index in [4.69, 9.17) is 14.2 Å². The van der Waals surface area contributed by atoms with Crippen LogP contribution in [0.1, 0.15) is 99.0 Å². The molecular weight excluding hydrogens is 1170 g/mol. The molecule has 5 atom stereocenters. The number of rotatable bonds is 11. The number of carbonyl (C=O) groups is 4. The number of alkyl halides is 18. The van der Waals surface area contributed by atoms with Crippen molar-refractivity contribution in [2.75, 3.05) is 0 Å². The Hall–Kier alpha value is -6.12. The summed E-state index contributed by atoms with van der Waals surface area (Å²) in [4.78, 5) is 46.9. The van der Waals surface area contributed by atoms with E-state index < -0.39 is 136 Å². The summed E-state index contributed by atoms with van der Waals surface area (Å²) in [5.74, 6) is -1.13. The molecule has 0 aromatic heterocycles. The van der Waals surface area contributed by atoms with Crippen molar-refractivity contribution in [1.82, 2.24) is 16.0 Å². The summed E-state index contributed by atoms with van der Waals surface area (Å²) < 4.78 is 246. The van der Waals surface area contributed by atoms with Gasteiger partial charge in [-0.3, -0.25) is 4.79 Å². The Balaban J connectivity index is 0.000000416. The molecule has 438 valence electrons. The number of amides is 3. The molecule has 1 saturated heterocycles. The van der Waals surface area contributed by atoms with Gasteiger partial charge in [0, 0.05) is 5.56 Å². The van der Waals surface area contributed by atoms with Gasteiger partial charge in [-0.1, -0.05) is 60.7 Å². The molecule has 3 amide bonds. The number of aliphatic hydroxyl groups excluding tert-OH is 1. The van der Waals surface area contributed by atoms with Gasteiger partial charge in [-0.05, 0) is 97.6 Å². The molecule has 0 unspecified atom stereocenters. The second-order valence-electron chi connectivity index (χ2n) is 17.0. The van der Waals surface area contributed by atoms with Crippen molar-refractivity contribution in [1.29, 1.82) is 0 Å². The van der Waals surface area contributed by atoms with Crippen molar-refractivity contribution in [2.45, 2.75) is 101 Å². The van der Waals surface area contributed by atoms with Gasteiger partial charge < -0.3 is 40.7 Å². The van der Waals surface area contributed by atoms with Crippen LogP contribution in [0.4, 0.5) is 93.4 Å². The van der Waals surface area contributed by atoms with Crippen molar-refractivity contribution >= 4 is 24.1 Å². The standard InChI is InChI=1S/C19H17F6NO3.C19H15F6NO3.C12H9F6NO2.K.H2O/c2*1-11(26-17(28)29-10-12-5-3-2-4-6-12)16(27)13-7-14(18(20,21)22)9-15(8-13)19(23,24)25;1-5-9(21-10(20)19-5)6-2-7(11(13,14)15)4-8(3-6)12(16,17)18;;/h2-9,11,16,27H,10H2,1H3,(H,26,28);2-9,11H,10H2,1H3,(H,26,28);2-5,9H,1H3,(H,19,20);;1H2/q;;;+1;/p-1/t11-,16-;11-;5-,9-;;/m000../s1. The third-order valence-electron chi connectivity index (χ3n) is 10.8. The molecule has 1 heterocycles. The van der Waals surface area contributed by atoms with Crippen LogP contribution in [0.5, 0.6) is 0 Å². The van der Waals surface area contributed by atoms with Crippen molar-refractivity contribution in [2.24, 2.45) is 0 Å². The van der Waals surface area contributed by atoms with Gasteiger partial charge in [0.25, 0.3) is 0 Å². The number of alkyl carbamates (subject to hydrolysis) is 3. The number of ketones is 1. The Morgan fingerprint density at radius 2 is 0.889 bits per heavy atom. The number of ether oxygens (including phenoxy) is 3. The first-order chi connectivity index (χ1) is 36.2. The van der Waals surface area contributed by atoms with Crippen LogP contribution in [0, 0.1) is 0 Å². The maximum atomic E-state index is 12.9. The summed E-state index contributed by atoms with van der Waals surface area (Å²) in [7, 11) is 0. The summed E-state index contributed by atoms with van der Waals surface area (Å²) in [6.45, 7) is 3.54. The first-order valence-corrected chi connectivity index (χ1v) is 22.3. The molecule has 1 aliphatic rings. The van der Waals surface area contributed by atoms with E-state index in [1.807, 2.05) is 0 Å². The Morgan fingerprint density at radius 3 is 1.22 bits per heavy atom. The molecule has 0 saturated carbocycles. The average molecular weight is 1210 g/mol. The number of Topliss-reactive ketones (excluding diaryl/α,β-unsaturated/α-hetero) is 1. The molecule has 0 spiro atoms. The maximum Gasteiger partial charge on any atom is 1.00 e. The van der Waals surface area contributed by atoms with Crippen LogP contribution < -0.4 is 67.3 Å². The summed E-state index contributed by atoms with van der Waals surface area (Å²) in [6.07, 6.45) is -36.1. The number of cyclic esters (lactones) is 1. The first-order valence-electron chi connectivity index (χ1n) is 22.3. The third-order valence-corrected chi connectivity index (χ3v) is 10.8. The van der Waals surface area contributed by atoms with Crippen molar-refractivity contribution < 1.29 is 174 Å². The van der Waals surface area contributed by atoms with E-state index in [9.17, 15) is 103 Å². The van der Waals surface area contributed by atoms with E-state index in [-0.39, 0.29) is 93.8 Å². The SMILES string of the molecule is C[C@@H]1NC(=O)O[C@@H]1c1cc(C(F)(F)F)cc(C(F)(F)F)c1.C[C@H](NC(=O)OCc1ccccc1)C(=O)c1cc(C(F)(F)F)cc(C(F)(F)F)c1.C[C@H](NC(=O)OCc1ccccc1)[C@H](O)c1cc(C(F)(F)F)cc(C(F)(F)F)c1.[K+].[OH-]. The summed E-state index contributed by atoms with van der Waals surface area (Å²) in [5.41, 5.74) is -9.73. The molecule has 0 aliphatic carbocycles. The number of benzene rings is 5. The minimum atomic E-state index is -5.08. The Labute approximate surface area is 489 Å². The molecular formula is C50H42F18KN3O9. The number of hydrogen-bond acceptors (Lipinski definition) is 9. The Bertz CT molecular complexity index is 2800. The predicted octanol–water partition coefficient (Wildman–Crippen LogP) is 11.0. The molecule has 12 nitrogen and oxygen atoms in total. The summed E-state index contributed by atoms with van der Waals surface area (Å²) in [5, 5.41) is 16.7. The average Bonchev–Trinajstić information content (AvgIpc) is 3.70. The first kappa shape index (κ1) is 71.0. The van der Waals surface area contributed by atoms with Crippen LogP contribution in [0.3, 0.4) is 0 Å². The van der Waals surface area contributed by atoms with Gasteiger partial charge in [0.2, 0.25) is 0 Å². The fraction of sp³-hybridized carbons (Fsp3) is 0.320. The maximum absolute atomic E-state index is 12.9. The van der Waals surface area contributed by atoms with Crippen LogP contribution in [0.15, 0.2) is 115 Å². The number of aliphatic hydroxyl groups is 1. The van der Waals surface area contributed by atoms with Crippen LogP contribution in [0.2, 0.25) is 0 Å². The number of carbonyl (C=O) groups excluding carboxylic acids is 4. The van der Waals surface area contributed by atoms with Gasteiger partial charge >= 0.3 is 107 Å². The van der Waals surface area contributed by atoms with Crippen LogP contribution in [0.25, 0.3) is 0 Å². The van der Waals surface area contributed by atoms with Gasteiger partial charge in [0.15, 0.2) is 5.78 Å². The van der Waals surface area contributed by atoms with E-state index in [0.717, 1.165) is 6.92 Å². The fourth-order valence-electron chi connectivity index (χ4n) is 6.84. The second kappa shape index (κ2) is 28.7. The predicted molar refractivity (Wildman–Crippen MR) is 241 cm³/mol. The summed E-state index contributed by atoms with van der Waals surface area (Å²) in [6, 6.07) is 16.1. The molecule has 1 fully saturated rings. The van der Waals surface area contributed by atoms with Crippen molar-refractivity contribution in [3.63, 3.8) is 0 Å². The van der Waals surface area contributed by atoms with E-state index >= 15 is 0 Å². The molecule has 31 heteroatoms. The molecule has 5 N–H and O–H groups in total. The zero-order valence-corrected chi connectivity index (χ0v) is 44.9. The topological polar surface area (TPSA) is 182 Å². The minimum absolute atomic E-state index is 0. The van der Waals surface area contributed by atoms with Crippen LogP contribution >= 0.6 is 0 Å². The Morgan fingerprint density at radius 1 is 0.556 bits per heavy atom. The molecule has 0 radical (unpaired) electrons. The second-order valence-corrected chi connectivity index (χ2v) is 17.0. The fourth-order valence-corrected chi connectivity index (χ4v) is 6.84. The van der Waals surface area contributed by atoms with Gasteiger partial charge in [0.1, 0.15) is 19.3 Å². The molecule has 0 bridgehead atoms. The molecule has 6 rings (SSSR count). The molecule has 5 aromatic carbocycles. The van der Waals surface area contributed by atoms with E-state index in [0.29, 0.717) is 47.5 Å². The van der Waals surface area contributed by atoms with Gasteiger partial charge in [0.05, 0.1) is 57.6 Å². The minimum Gasteiger partial charge on any atom is -0.870 e. The quantitative estimate of drug-likeness (QED) is 0.0433.